The summed E-state index contributed by atoms with van der Waals surface area (Å²) in [6.45, 7) is 0. The molecule has 1 aromatic carbocycles. The first-order valence-electron chi connectivity index (χ1n) is 10.2. The zero-order valence-corrected chi connectivity index (χ0v) is 16.4. The van der Waals surface area contributed by atoms with Crippen molar-refractivity contribution in [3.8, 4) is 11.1 Å². The molecule has 0 radical (unpaired) electrons. The minimum Gasteiger partial charge on any atom is -0.458 e. The second kappa shape index (κ2) is 6.15. The number of nitrogens with zero attached hydrogens (tertiary/aromatic N) is 4. The maximum atomic E-state index is 6.35. The van der Waals surface area contributed by atoms with Gasteiger partial charge in [0.15, 0.2) is 11.2 Å². The standard InChI is InChI=1S/C25H16N4O2/c1-2-22-23(27-8-1)18-12-15(3-5-20(18)30-22)17-7-9-28-24-19-13-16(29-11-10-26-14-29)4-6-21(19)31-25(17)24/h1-3,5,7-14H,4,6H2. The van der Waals surface area contributed by atoms with Gasteiger partial charge in [0.1, 0.15) is 22.4 Å². The third-order valence-corrected chi connectivity index (χ3v) is 5.98. The largest absolute Gasteiger partial charge is 0.458 e. The lowest BCUT2D eigenvalue weighted by atomic mass is 10.00. The predicted molar refractivity (Wildman–Crippen MR) is 119 cm³/mol. The molecule has 5 aromatic heterocycles. The van der Waals surface area contributed by atoms with E-state index in [1.165, 1.54) is 5.70 Å². The molecule has 148 valence electrons. The topological polar surface area (TPSA) is 69.9 Å². The number of pyridine rings is 2. The Hall–Kier alpha value is -4.19. The van der Waals surface area contributed by atoms with E-state index in [-0.39, 0.29) is 0 Å². The third kappa shape index (κ3) is 2.42. The van der Waals surface area contributed by atoms with E-state index in [4.69, 9.17) is 8.83 Å². The lowest BCUT2D eigenvalue weighted by Crippen LogP contribution is -2.01. The summed E-state index contributed by atoms with van der Waals surface area (Å²) in [6, 6.07) is 12.0. The number of furan rings is 2. The normalized spacial score (nSPS) is 13.7. The molecule has 0 unspecified atom stereocenters. The van der Waals surface area contributed by atoms with Crippen molar-refractivity contribution in [2.45, 2.75) is 12.8 Å². The summed E-state index contributed by atoms with van der Waals surface area (Å²) in [7, 11) is 0. The fraction of sp³-hybridized carbons (Fsp3) is 0.0800. The molecule has 0 saturated carbocycles. The fourth-order valence-corrected chi connectivity index (χ4v) is 4.49. The minimum absolute atomic E-state index is 0.792. The summed E-state index contributed by atoms with van der Waals surface area (Å²) in [4.78, 5) is 13.3. The van der Waals surface area contributed by atoms with Crippen LogP contribution >= 0.6 is 0 Å². The molecule has 0 atom stereocenters. The number of rotatable bonds is 2. The quantitative estimate of drug-likeness (QED) is 0.358. The highest BCUT2D eigenvalue weighted by atomic mass is 16.3. The van der Waals surface area contributed by atoms with Crippen LogP contribution in [0.3, 0.4) is 0 Å². The second-order valence-corrected chi connectivity index (χ2v) is 7.74. The predicted octanol–water partition coefficient (Wildman–Crippen LogP) is 5.93. The van der Waals surface area contributed by atoms with E-state index in [1.807, 2.05) is 43.0 Å². The number of hydrogen-bond donors (Lipinski definition) is 0. The molecule has 1 aliphatic rings. The highest BCUT2D eigenvalue weighted by Gasteiger charge is 2.22. The molecule has 0 aliphatic heterocycles. The van der Waals surface area contributed by atoms with Gasteiger partial charge in [-0.15, -0.1) is 0 Å². The Morgan fingerprint density at radius 1 is 0.871 bits per heavy atom. The molecule has 5 heterocycles. The fourth-order valence-electron chi connectivity index (χ4n) is 4.49. The number of hydrogen-bond acceptors (Lipinski definition) is 5. The molecule has 0 spiro atoms. The molecule has 0 N–H and O–H groups in total. The van der Waals surface area contributed by atoms with E-state index >= 15 is 0 Å². The maximum Gasteiger partial charge on any atom is 0.161 e. The summed E-state index contributed by atoms with van der Waals surface area (Å²) in [5.41, 5.74) is 8.52. The Kier molecular flexibility index (Phi) is 3.29. The smallest absolute Gasteiger partial charge is 0.161 e. The van der Waals surface area contributed by atoms with Gasteiger partial charge >= 0.3 is 0 Å². The first-order valence-corrected chi connectivity index (χ1v) is 10.2. The van der Waals surface area contributed by atoms with E-state index < -0.39 is 0 Å². The van der Waals surface area contributed by atoms with E-state index in [9.17, 15) is 0 Å². The molecule has 0 saturated heterocycles. The van der Waals surface area contributed by atoms with E-state index in [0.717, 1.165) is 68.5 Å². The van der Waals surface area contributed by atoms with Gasteiger partial charge in [0.2, 0.25) is 0 Å². The Morgan fingerprint density at radius 3 is 2.77 bits per heavy atom. The average molecular weight is 404 g/mol. The summed E-state index contributed by atoms with van der Waals surface area (Å²) in [5.74, 6) is 0.982. The van der Waals surface area contributed by atoms with Gasteiger partial charge in [-0.25, -0.2) is 4.98 Å². The number of allylic oxidation sites excluding steroid dienone is 1. The second-order valence-electron chi connectivity index (χ2n) is 7.74. The molecule has 7 rings (SSSR count). The number of fused-ring (bicyclic) bond motifs is 6. The van der Waals surface area contributed by atoms with Gasteiger partial charge in [-0.2, -0.15) is 0 Å². The molecule has 6 aromatic rings. The Morgan fingerprint density at radius 2 is 1.84 bits per heavy atom. The van der Waals surface area contributed by atoms with Crippen molar-refractivity contribution in [1.29, 1.82) is 0 Å². The highest BCUT2D eigenvalue weighted by Crippen LogP contribution is 2.39. The highest BCUT2D eigenvalue weighted by molar-refractivity contribution is 6.05. The van der Waals surface area contributed by atoms with Gasteiger partial charge in [0, 0.05) is 53.4 Å². The molecule has 0 amide bonds. The Labute approximate surface area is 176 Å². The van der Waals surface area contributed by atoms with Gasteiger partial charge < -0.3 is 13.4 Å². The van der Waals surface area contributed by atoms with Crippen molar-refractivity contribution in [2.75, 3.05) is 0 Å². The van der Waals surface area contributed by atoms with Gasteiger partial charge in [-0.05, 0) is 48.4 Å². The van der Waals surface area contributed by atoms with E-state index in [2.05, 4.69) is 37.7 Å². The van der Waals surface area contributed by atoms with Crippen LogP contribution in [-0.2, 0) is 6.42 Å². The third-order valence-electron chi connectivity index (χ3n) is 5.98. The first-order chi connectivity index (χ1) is 15.3. The number of imidazole rings is 1. The first kappa shape index (κ1) is 16.6. The van der Waals surface area contributed by atoms with Crippen molar-refractivity contribution >= 4 is 44.9 Å². The van der Waals surface area contributed by atoms with Crippen LogP contribution < -0.4 is 0 Å². The molecular formula is C25H16N4O2. The summed E-state index contributed by atoms with van der Waals surface area (Å²) in [5, 5.41) is 0.997. The van der Waals surface area contributed by atoms with Crippen LogP contribution in [0, 0.1) is 0 Å². The molecule has 6 heteroatoms. The minimum atomic E-state index is 0.792. The van der Waals surface area contributed by atoms with Gasteiger partial charge in [-0.1, -0.05) is 6.07 Å². The molecular weight excluding hydrogens is 388 g/mol. The summed E-state index contributed by atoms with van der Waals surface area (Å²) >= 11 is 0. The molecule has 0 fully saturated rings. The van der Waals surface area contributed by atoms with Gasteiger partial charge in [0.05, 0.1) is 6.33 Å². The van der Waals surface area contributed by atoms with Gasteiger partial charge in [-0.3, -0.25) is 9.97 Å². The van der Waals surface area contributed by atoms with Crippen molar-refractivity contribution in [1.82, 2.24) is 19.5 Å². The monoisotopic (exact) mass is 404 g/mol. The maximum absolute atomic E-state index is 6.35. The summed E-state index contributed by atoms with van der Waals surface area (Å²) < 4.78 is 14.3. The molecule has 6 nitrogen and oxygen atoms in total. The average Bonchev–Trinajstić information content (AvgIpc) is 3.55. The number of aromatic nitrogens is 4. The molecule has 31 heavy (non-hydrogen) atoms. The lowest BCUT2D eigenvalue weighted by molar-refractivity contribution is 0.546. The van der Waals surface area contributed by atoms with Crippen LogP contribution in [0.4, 0.5) is 0 Å². The molecule has 0 bridgehead atoms. The van der Waals surface area contributed by atoms with Crippen molar-refractivity contribution in [2.24, 2.45) is 0 Å². The Bertz CT molecular complexity index is 1640. The van der Waals surface area contributed by atoms with Gasteiger partial charge in [0.25, 0.3) is 0 Å². The molecule has 1 aliphatic carbocycles. The van der Waals surface area contributed by atoms with Crippen molar-refractivity contribution in [3.05, 3.63) is 78.8 Å². The van der Waals surface area contributed by atoms with Crippen LogP contribution in [0.5, 0.6) is 0 Å². The van der Waals surface area contributed by atoms with Crippen molar-refractivity contribution < 1.29 is 8.83 Å². The van der Waals surface area contributed by atoms with Crippen LogP contribution in [0.1, 0.15) is 17.7 Å². The zero-order chi connectivity index (χ0) is 20.4. The van der Waals surface area contributed by atoms with Crippen LogP contribution in [-0.4, -0.2) is 19.5 Å². The van der Waals surface area contributed by atoms with Crippen LogP contribution in [0.15, 0.2) is 76.3 Å². The lowest BCUT2D eigenvalue weighted by Gasteiger charge is -2.12. The van der Waals surface area contributed by atoms with E-state index in [0.29, 0.717) is 0 Å². The number of benzene rings is 1. The van der Waals surface area contributed by atoms with Crippen LogP contribution in [0.2, 0.25) is 0 Å². The van der Waals surface area contributed by atoms with Crippen molar-refractivity contribution in [3.63, 3.8) is 0 Å². The zero-order valence-electron chi connectivity index (χ0n) is 16.4. The number of aryl methyl sites for hydroxylation is 1. The summed E-state index contributed by atoms with van der Waals surface area (Å²) in [6.07, 6.45) is 13.1. The van der Waals surface area contributed by atoms with Crippen LogP contribution in [0.25, 0.3) is 56.1 Å². The SMILES string of the molecule is C1=C(n2ccnc2)CCc2oc3c(-c4ccc5oc6cccnc6c5c4)ccnc3c21. The Balaban J connectivity index is 1.43. The van der Waals surface area contributed by atoms with E-state index in [1.54, 1.807) is 12.4 Å².